The third-order valence-electron chi connectivity index (χ3n) is 3.36. The lowest BCUT2D eigenvalue weighted by Gasteiger charge is -2.24. The van der Waals surface area contributed by atoms with E-state index in [0.29, 0.717) is 6.04 Å². The van der Waals surface area contributed by atoms with E-state index in [1.54, 1.807) is 0 Å². The molecule has 2 nitrogen and oxygen atoms in total. The molecule has 0 aromatic heterocycles. The Balaban J connectivity index is 2.48. The van der Waals surface area contributed by atoms with Crippen LogP contribution >= 0.6 is 0 Å². The average Bonchev–Trinajstić information content (AvgIpc) is 2.41. The van der Waals surface area contributed by atoms with Gasteiger partial charge >= 0.3 is 0 Å². The Hall–Kier alpha value is -0.860. The van der Waals surface area contributed by atoms with Crippen molar-refractivity contribution in [3.63, 3.8) is 0 Å². The van der Waals surface area contributed by atoms with Gasteiger partial charge in [0, 0.05) is 6.04 Å². The molecule has 0 saturated heterocycles. The monoisotopic (exact) mass is 248 g/mol. The third kappa shape index (κ3) is 5.19. The van der Waals surface area contributed by atoms with Crippen molar-refractivity contribution in [2.75, 3.05) is 26.7 Å². The first-order valence-electron chi connectivity index (χ1n) is 7.26. The molecule has 0 bridgehead atoms. The summed E-state index contributed by atoms with van der Waals surface area (Å²) in [6.07, 6.45) is 3.67. The van der Waals surface area contributed by atoms with E-state index in [9.17, 15) is 0 Å². The quantitative estimate of drug-likeness (QED) is 0.720. The molecule has 0 heterocycles. The molecule has 102 valence electrons. The van der Waals surface area contributed by atoms with Gasteiger partial charge in [-0.05, 0) is 51.5 Å². The van der Waals surface area contributed by atoms with Crippen molar-refractivity contribution in [1.82, 2.24) is 10.2 Å². The van der Waals surface area contributed by atoms with Crippen LogP contribution < -0.4 is 5.32 Å². The summed E-state index contributed by atoms with van der Waals surface area (Å²) >= 11 is 0. The van der Waals surface area contributed by atoms with Crippen LogP contribution in [0.5, 0.6) is 0 Å². The fraction of sp³-hybridized carbons (Fsp3) is 0.625. The molecular weight excluding hydrogens is 220 g/mol. The number of benzene rings is 1. The Morgan fingerprint density at radius 2 is 1.61 bits per heavy atom. The minimum absolute atomic E-state index is 0.474. The van der Waals surface area contributed by atoms with E-state index in [2.05, 4.69) is 61.4 Å². The highest BCUT2D eigenvalue weighted by Gasteiger charge is 2.10. The zero-order chi connectivity index (χ0) is 13.2. The molecule has 1 atom stereocenters. The highest BCUT2D eigenvalue weighted by molar-refractivity contribution is 5.18. The van der Waals surface area contributed by atoms with Gasteiger partial charge in [-0.1, -0.05) is 44.2 Å². The van der Waals surface area contributed by atoms with Gasteiger partial charge in [0.2, 0.25) is 0 Å². The van der Waals surface area contributed by atoms with Crippen LogP contribution in [0.2, 0.25) is 0 Å². The summed E-state index contributed by atoms with van der Waals surface area (Å²) in [5.41, 5.74) is 1.40. The van der Waals surface area contributed by atoms with Crippen molar-refractivity contribution in [3.8, 4) is 0 Å². The largest absolute Gasteiger partial charge is 0.313 e. The SMILES string of the molecule is CCCN(CCC)CCC(NC)c1ccccc1. The molecule has 0 amide bonds. The molecule has 0 spiro atoms. The molecule has 0 aliphatic heterocycles. The summed E-state index contributed by atoms with van der Waals surface area (Å²) in [4.78, 5) is 2.58. The van der Waals surface area contributed by atoms with Gasteiger partial charge in [0.15, 0.2) is 0 Å². The lowest BCUT2D eigenvalue weighted by Crippen LogP contribution is -2.29. The summed E-state index contributed by atoms with van der Waals surface area (Å²) in [6.45, 7) is 8.14. The predicted molar refractivity (Wildman–Crippen MR) is 79.9 cm³/mol. The van der Waals surface area contributed by atoms with Crippen molar-refractivity contribution in [2.24, 2.45) is 0 Å². The molecule has 0 aliphatic carbocycles. The zero-order valence-corrected chi connectivity index (χ0v) is 12.2. The van der Waals surface area contributed by atoms with Crippen molar-refractivity contribution in [3.05, 3.63) is 35.9 Å². The predicted octanol–water partition coefficient (Wildman–Crippen LogP) is 3.46. The van der Waals surface area contributed by atoms with Crippen LogP contribution in [0.4, 0.5) is 0 Å². The average molecular weight is 248 g/mol. The summed E-state index contributed by atoms with van der Waals surface area (Å²) in [6, 6.07) is 11.2. The van der Waals surface area contributed by atoms with E-state index in [1.165, 1.54) is 44.5 Å². The number of nitrogens with one attached hydrogen (secondary N) is 1. The van der Waals surface area contributed by atoms with Crippen LogP contribution in [0, 0.1) is 0 Å². The number of hydrogen-bond donors (Lipinski definition) is 1. The molecule has 18 heavy (non-hydrogen) atoms. The van der Waals surface area contributed by atoms with Crippen molar-refractivity contribution < 1.29 is 0 Å². The molecule has 1 aromatic rings. The van der Waals surface area contributed by atoms with Crippen molar-refractivity contribution >= 4 is 0 Å². The highest BCUT2D eigenvalue weighted by Crippen LogP contribution is 2.16. The second-order valence-electron chi connectivity index (χ2n) is 4.88. The first kappa shape index (κ1) is 15.2. The molecule has 1 unspecified atom stereocenters. The molecule has 0 fully saturated rings. The van der Waals surface area contributed by atoms with E-state index in [-0.39, 0.29) is 0 Å². The third-order valence-corrected chi connectivity index (χ3v) is 3.36. The lowest BCUT2D eigenvalue weighted by molar-refractivity contribution is 0.259. The summed E-state index contributed by atoms with van der Waals surface area (Å²) in [7, 11) is 2.06. The van der Waals surface area contributed by atoms with Gasteiger partial charge in [0.1, 0.15) is 0 Å². The van der Waals surface area contributed by atoms with Gasteiger partial charge in [0.25, 0.3) is 0 Å². The maximum absolute atomic E-state index is 3.43. The van der Waals surface area contributed by atoms with E-state index in [1.807, 2.05) is 0 Å². The molecule has 0 radical (unpaired) electrons. The Labute approximate surface area is 112 Å². The first-order valence-corrected chi connectivity index (χ1v) is 7.26. The van der Waals surface area contributed by atoms with Crippen LogP contribution in [0.1, 0.15) is 44.7 Å². The van der Waals surface area contributed by atoms with E-state index < -0.39 is 0 Å². The molecule has 0 saturated carbocycles. The minimum atomic E-state index is 0.474. The Morgan fingerprint density at radius 1 is 1.00 bits per heavy atom. The van der Waals surface area contributed by atoms with E-state index >= 15 is 0 Å². The van der Waals surface area contributed by atoms with Gasteiger partial charge in [-0.3, -0.25) is 0 Å². The highest BCUT2D eigenvalue weighted by atomic mass is 15.1. The second-order valence-corrected chi connectivity index (χ2v) is 4.88. The summed E-state index contributed by atoms with van der Waals surface area (Å²) in [5, 5.41) is 3.43. The topological polar surface area (TPSA) is 15.3 Å². The normalized spacial score (nSPS) is 12.9. The first-order chi connectivity index (χ1) is 8.81. The van der Waals surface area contributed by atoms with Gasteiger partial charge in [-0.25, -0.2) is 0 Å². The Bertz CT molecular complexity index is 291. The number of nitrogens with zero attached hydrogens (tertiary/aromatic N) is 1. The fourth-order valence-corrected chi connectivity index (χ4v) is 2.44. The number of hydrogen-bond acceptors (Lipinski definition) is 2. The molecule has 1 N–H and O–H groups in total. The van der Waals surface area contributed by atoms with Crippen molar-refractivity contribution in [2.45, 2.75) is 39.2 Å². The smallest absolute Gasteiger partial charge is 0.0329 e. The van der Waals surface area contributed by atoms with Crippen LogP contribution in [0.15, 0.2) is 30.3 Å². The fourth-order valence-electron chi connectivity index (χ4n) is 2.44. The molecule has 0 aliphatic rings. The van der Waals surface area contributed by atoms with Gasteiger partial charge < -0.3 is 10.2 Å². The van der Waals surface area contributed by atoms with Crippen LogP contribution in [-0.2, 0) is 0 Å². The van der Waals surface area contributed by atoms with E-state index in [4.69, 9.17) is 0 Å². The maximum Gasteiger partial charge on any atom is 0.0329 e. The molecule has 1 rings (SSSR count). The van der Waals surface area contributed by atoms with Gasteiger partial charge in [0.05, 0.1) is 0 Å². The minimum Gasteiger partial charge on any atom is -0.313 e. The maximum atomic E-state index is 3.43. The summed E-state index contributed by atoms with van der Waals surface area (Å²) in [5.74, 6) is 0. The molecule has 2 heteroatoms. The Kier molecular flexibility index (Phi) is 7.70. The van der Waals surface area contributed by atoms with Crippen LogP contribution in [0.25, 0.3) is 0 Å². The zero-order valence-electron chi connectivity index (χ0n) is 12.2. The van der Waals surface area contributed by atoms with Gasteiger partial charge in [-0.2, -0.15) is 0 Å². The molecular formula is C16H28N2. The molecule has 1 aromatic carbocycles. The second kappa shape index (κ2) is 9.12. The lowest BCUT2D eigenvalue weighted by atomic mass is 10.0. The Morgan fingerprint density at radius 3 is 2.11 bits per heavy atom. The van der Waals surface area contributed by atoms with Crippen molar-refractivity contribution in [1.29, 1.82) is 0 Å². The van der Waals surface area contributed by atoms with Crippen LogP contribution in [0.3, 0.4) is 0 Å². The van der Waals surface area contributed by atoms with E-state index in [0.717, 1.165) is 0 Å². The van der Waals surface area contributed by atoms with Crippen LogP contribution in [-0.4, -0.2) is 31.6 Å². The standard InChI is InChI=1S/C16H28N2/c1-4-12-18(13-5-2)14-11-16(17-3)15-9-7-6-8-10-15/h6-10,16-17H,4-5,11-14H2,1-3H3. The number of rotatable bonds is 9. The summed E-state index contributed by atoms with van der Waals surface area (Å²) < 4.78 is 0. The van der Waals surface area contributed by atoms with Gasteiger partial charge in [-0.15, -0.1) is 0 Å².